The molecule has 5 heteroatoms. The molecule has 1 aliphatic heterocycles. The third-order valence-electron chi connectivity index (χ3n) is 5.65. The van der Waals surface area contributed by atoms with Crippen LogP contribution in [0.5, 0.6) is 0 Å². The van der Waals surface area contributed by atoms with Gasteiger partial charge < -0.3 is 15.1 Å². The van der Waals surface area contributed by atoms with Gasteiger partial charge in [0.1, 0.15) is 6.07 Å². The first-order valence-corrected chi connectivity index (χ1v) is 13.3. The molecule has 1 fully saturated rings. The average molecular weight is 408 g/mol. The summed E-state index contributed by atoms with van der Waals surface area (Å²) in [4.78, 5) is 2.31. The van der Waals surface area contributed by atoms with Crippen molar-refractivity contribution in [3.8, 4) is 6.07 Å². The predicted octanol–water partition coefficient (Wildman–Crippen LogP) is 5.28. The number of nitrogen functional groups attached to an aromatic ring is 1. The molecule has 1 heterocycles. The Morgan fingerprint density at radius 3 is 2.38 bits per heavy atom. The van der Waals surface area contributed by atoms with Gasteiger partial charge in [-0.25, -0.2) is 0 Å². The van der Waals surface area contributed by atoms with E-state index in [1.807, 2.05) is 12.1 Å². The number of nitriles is 1. The molecule has 0 amide bonds. The monoisotopic (exact) mass is 407 g/mol. The second-order valence-corrected chi connectivity index (χ2v) is 11.6. The molecule has 2 aromatic carbocycles. The van der Waals surface area contributed by atoms with E-state index in [0.29, 0.717) is 11.3 Å². The normalized spacial score (nSPS) is 20.0. The van der Waals surface area contributed by atoms with Crippen molar-refractivity contribution >= 4 is 20.4 Å². The molecule has 3 rings (SSSR count). The Bertz CT molecular complexity index is 896. The van der Waals surface area contributed by atoms with Gasteiger partial charge in [0.25, 0.3) is 0 Å². The molecule has 2 N–H and O–H groups in total. The van der Waals surface area contributed by atoms with E-state index in [1.54, 1.807) is 6.07 Å². The summed E-state index contributed by atoms with van der Waals surface area (Å²) in [5.74, 6) is 0. The highest BCUT2D eigenvalue weighted by Gasteiger charge is 2.43. The van der Waals surface area contributed by atoms with Gasteiger partial charge in [0, 0.05) is 17.8 Å². The molecule has 2 aromatic rings. The van der Waals surface area contributed by atoms with Crippen molar-refractivity contribution in [1.29, 1.82) is 5.26 Å². The van der Waals surface area contributed by atoms with E-state index in [1.165, 1.54) is 11.1 Å². The number of hydrogen-bond acceptors (Lipinski definition) is 4. The van der Waals surface area contributed by atoms with Crippen LogP contribution >= 0.6 is 0 Å². The summed E-state index contributed by atoms with van der Waals surface area (Å²) in [6.45, 7) is 12.0. The molecule has 0 aromatic heterocycles. The summed E-state index contributed by atoms with van der Waals surface area (Å²) >= 11 is 0. The fraction of sp³-hybridized carbons (Fsp3) is 0.458. The Labute approximate surface area is 177 Å². The zero-order valence-corrected chi connectivity index (χ0v) is 19.5. The Morgan fingerprint density at radius 1 is 1.10 bits per heavy atom. The van der Waals surface area contributed by atoms with Crippen LogP contribution in [0, 0.1) is 11.3 Å². The Balaban J connectivity index is 2.15. The van der Waals surface area contributed by atoms with Gasteiger partial charge in [0.2, 0.25) is 0 Å². The van der Waals surface area contributed by atoms with E-state index in [9.17, 15) is 5.26 Å². The van der Waals surface area contributed by atoms with E-state index in [-0.39, 0.29) is 5.41 Å². The Kier molecular flexibility index (Phi) is 6.07. The zero-order chi connectivity index (χ0) is 21.2. The molecular formula is C24H33N3OSi. The Morgan fingerprint density at radius 2 is 1.79 bits per heavy atom. The summed E-state index contributed by atoms with van der Waals surface area (Å²) in [6, 6.07) is 16.9. The highest BCUT2D eigenvalue weighted by molar-refractivity contribution is 6.48. The molecule has 0 radical (unpaired) electrons. The molecule has 1 aliphatic rings. The smallest absolute Gasteiger partial charge is 0.174 e. The van der Waals surface area contributed by atoms with E-state index < -0.39 is 14.8 Å². The van der Waals surface area contributed by atoms with Crippen molar-refractivity contribution in [2.45, 2.75) is 64.3 Å². The highest BCUT2D eigenvalue weighted by Crippen LogP contribution is 2.44. The van der Waals surface area contributed by atoms with Gasteiger partial charge in [-0.2, -0.15) is 5.26 Å². The first-order valence-electron chi connectivity index (χ1n) is 10.5. The van der Waals surface area contributed by atoms with Crippen LogP contribution in [0.15, 0.2) is 42.5 Å². The molecule has 154 valence electrons. The van der Waals surface area contributed by atoms with Gasteiger partial charge in [-0.15, -0.1) is 0 Å². The quantitative estimate of drug-likeness (QED) is 0.553. The molecule has 1 atom stereocenters. The van der Waals surface area contributed by atoms with Crippen LogP contribution in [0.1, 0.15) is 56.7 Å². The van der Waals surface area contributed by atoms with Gasteiger partial charge in [0.15, 0.2) is 14.8 Å². The average Bonchev–Trinajstić information content (AvgIpc) is 2.67. The van der Waals surface area contributed by atoms with Gasteiger partial charge in [-0.05, 0) is 61.5 Å². The van der Waals surface area contributed by atoms with Crippen LogP contribution in [-0.4, -0.2) is 15.6 Å². The lowest BCUT2D eigenvalue weighted by molar-refractivity contribution is 0.0344. The lowest BCUT2D eigenvalue weighted by Crippen LogP contribution is -2.53. The number of hydrogen-bond donors (Lipinski definition) is 1. The van der Waals surface area contributed by atoms with Crippen molar-refractivity contribution in [1.82, 2.24) is 0 Å². The van der Waals surface area contributed by atoms with E-state index in [0.717, 1.165) is 31.5 Å². The summed E-state index contributed by atoms with van der Waals surface area (Å²) in [6.07, 6.45) is 3.11. The van der Waals surface area contributed by atoms with Crippen LogP contribution in [0.25, 0.3) is 0 Å². The summed E-state index contributed by atoms with van der Waals surface area (Å²) in [7, 11) is -1.37. The fourth-order valence-electron chi connectivity index (χ4n) is 4.26. The maximum absolute atomic E-state index is 9.76. The summed E-state index contributed by atoms with van der Waals surface area (Å²) in [5.41, 5.74) is 10.1. The number of benzene rings is 2. The predicted molar refractivity (Wildman–Crippen MR) is 124 cm³/mol. The zero-order valence-electron chi connectivity index (χ0n) is 18.3. The van der Waals surface area contributed by atoms with Crippen molar-refractivity contribution in [2.75, 3.05) is 17.2 Å². The lowest BCUT2D eigenvalue weighted by Gasteiger charge is -2.50. The van der Waals surface area contributed by atoms with Crippen molar-refractivity contribution < 1.29 is 4.43 Å². The van der Waals surface area contributed by atoms with Gasteiger partial charge in [-0.1, -0.05) is 45.0 Å². The van der Waals surface area contributed by atoms with Crippen molar-refractivity contribution in [2.24, 2.45) is 0 Å². The largest absolute Gasteiger partial charge is 0.399 e. The summed E-state index contributed by atoms with van der Waals surface area (Å²) in [5, 5.41) is 9.76. The number of nitrogens with zero attached hydrogens (tertiary/aromatic N) is 2. The third-order valence-corrected chi connectivity index (χ3v) is 6.51. The van der Waals surface area contributed by atoms with Crippen molar-refractivity contribution in [3.63, 3.8) is 0 Å². The van der Waals surface area contributed by atoms with Crippen molar-refractivity contribution in [3.05, 3.63) is 59.2 Å². The van der Waals surface area contributed by atoms with Crippen LogP contribution in [0.2, 0.25) is 13.1 Å². The highest BCUT2D eigenvalue weighted by atomic mass is 28.3. The fourth-order valence-corrected chi connectivity index (χ4v) is 5.42. The second kappa shape index (κ2) is 8.21. The number of piperidine rings is 1. The molecule has 1 unspecified atom stereocenters. The Hall–Kier alpha value is -2.29. The lowest BCUT2D eigenvalue weighted by atomic mass is 9.84. The number of rotatable bonds is 4. The molecule has 1 saturated heterocycles. The minimum atomic E-state index is -1.37. The number of anilines is 2. The molecule has 29 heavy (non-hydrogen) atoms. The molecule has 0 bridgehead atoms. The van der Waals surface area contributed by atoms with E-state index in [2.05, 4.69) is 69.1 Å². The maximum Gasteiger partial charge on any atom is 0.174 e. The standard InChI is InChI=1S/C24H33N3OSi/c1-23(2,3)19-8-10-20(11-9-19)24(28-29(4)5)14-6-7-15-27(24)22-13-12-21(26)16-18(22)17-25/h8-13,16,29H,6-7,14-15,26H2,1-5H3. The summed E-state index contributed by atoms with van der Waals surface area (Å²) < 4.78 is 6.81. The minimum Gasteiger partial charge on any atom is -0.399 e. The second-order valence-electron chi connectivity index (χ2n) is 9.28. The first kappa shape index (κ1) is 21.4. The topological polar surface area (TPSA) is 62.3 Å². The molecule has 0 saturated carbocycles. The first-order chi connectivity index (χ1) is 13.7. The van der Waals surface area contributed by atoms with Gasteiger partial charge in [-0.3, -0.25) is 0 Å². The molecule has 0 spiro atoms. The van der Waals surface area contributed by atoms with Gasteiger partial charge in [0.05, 0.1) is 11.3 Å². The molecular weight excluding hydrogens is 374 g/mol. The van der Waals surface area contributed by atoms with E-state index >= 15 is 0 Å². The van der Waals surface area contributed by atoms with Gasteiger partial charge >= 0.3 is 0 Å². The molecule has 4 nitrogen and oxygen atoms in total. The van der Waals surface area contributed by atoms with Crippen LogP contribution in [0.4, 0.5) is 11.4 Å². The number of nitrogens with two attached hydrogens (primary N) is 1. The minimum absolute atomic E-state index is 0.108. The molecule has 0 aliphatic carbocycles. The van der Waals surface area contributed by atoms with E-state index in [4.69, 9.17) is 10.2 Å². The van der Waals surface area contributed by atoms with Crippen LogP contribution in [-0.2, 0) is 15.6 Å². The van der Waals surface area contributed by atoms with Crippen LogP contribution in [0.3, 0.4) is 0 Å². The maximum atomic E-state index is 9.76. The third kappa shape index (κ3) is 4.34. The SMILES string of the molecule is C[SiH](C)OC1(c2ccc(C(C)(C)C)cc2)CCCCN1c1ccc(N)cc1C#N. The van der Waals surface area contributed by atoms with Crippen LogP contribution < -0.4 is 10.6 Å².